The van der Waals surface area contributed by atoms with Crippen LogP contribution < -0.4 is 24.6 Å². The quantitative estimate of drug-likeness (QED) is 0.0805. The number of carbonyl (C=O) groups excluding carboxylic acids is 1. The number of nitro benzene ring substituents is 1. The number of ether oxygens (including phenoxy) is 3. The number of alkyl halides is 3. The van der Waals surface area contributed by atoms with E-state index in [4.69, 9.17) is 19.2 Å². The molecule has 5 heterocycles. The average molecular weight is 959 g/mol. The minimum atomic E-state index is -4.64. The summed E-state index contributed by atoms with van der Waals surface area (Å²) in [5.41, 5.74) is 4.56. The molecule has 1 atom stereocenters. The van der Waals surface area contributed by atoms with Gasteiger partial charge in [0, 0.05) is 69.2 Å². The van der Waals surface area contributed by atoms with Crippen LogP contribution >= 0.6 is 0 Å². The van der Waals surface area contributed by atoms with Crippen molar-refractivity contribution < 1.29 is 45.5 Å². The molecule has 2 aromatic heterocycles. The molecule has 5 aromatic rings. The molecule has 3 N–H and O–H groups in total. The molecule has 360 valence electrons. The summed E-state index contributed by atoms with van der Waals surface area (Å²) in [5, 5.41) is 15.9. The van der Waals surface area contributed by atoms with Crippen molar-refractivity contribution >= 4 is 61.0 Å². The van der Waals surface area contributed by atoms with Crippen LogP contribution in [0.25, 0.3) is 16.6 Å². The fraction of sp³-hybridized carbons (Fsp3) is 0.417. The highest BCUT2D eigenvalue weighted by molar-refractivity contribution is 7.90. The molecule has 9 rings (SSSR count). The van der Waals surface area contributed by atoms with Crippen LogP contribution in [0.4, 0.5) is 41.6 Å². The molecule has 20 heteroatoms. The first kappa shape index (κ1) is 46.9. The largest absolute Gasteiger partial charge is 0.476 e. The van der Waals surface area contributed by atoms with Gasteiger partial charge in [-0.05, 0) is 96.8 Å². The van der Waals surface area contributed by atoms with Crippen LogP contribution in [0.5, 0.6) is 5.88 Å². The van der Waals surface area contributed by atoms with Crippen molar-refractivity contribution in [1.29, 1.82) is 0 Å². The van der Waals surface area contributed by atoms with Crippen LogP contribution in [0.1, 0.15) is 61.0 Å². The molecule has 3 aliphatic heterocycles. The molecule has 3 aromatic carbocycles. The lowest BCUT2D eigenvalue weighted by Gasteiger charge is -2.39. The van der Waals surface area contributed by atoms with Gasteiger partial charge in [0.25, 0.3) is 21.6 Å². The number of carbonyl (C=O) groups is 1. The Kier molecular flexibility index (Phi) is 13.1. The molecule has 2 fully saturated rings. The van der Waals surface area contributed by atoms with Crippen molar-refractivity contribution in [3.8, 4) is 5.88 Å². The number of aromatic nitrogens is 2. The number of H-pyrrole nitrogens is 1. The number of aromatic amines is 1. The highest BCUT2D eigenvalue weighted by atomic mass is 32.2. The lowest BCUT2D eigenvalue weighted by molar-refractivity contribution is -0.384. The maximum Gasteiger partial charge on any atom is 0.416 e. The Balaban J connectivity index is 0.980. The van der Waals surface area contributed by atoms with Gasteiger partial charge in [0.15, 0.2) is 0 Å². The average Bonchev–Trinajstić information content (AvgIpc) is 3.68. The molecular formula is C48H53F3N8O8S. The number of halogens is 3. The van der Waals surface area contributed by atoms with Crippen LogP contribution in [0.2, 0.25) is 0 Å². The minimum absolute atomic E-state index is 0.0136. The molecule has 68 heavy (non-hydrogen) atoms. The molecule has 0 bridgehead atoms. The summed E-state index contributed by atoms with van der Waals surface area (Å²) in [6.45, 7) is 9.82. The van der Waals surface area contributed by atoms with Crippen molar-refractivity contribution in [2.45, 2.75) is 56.7 Å². The Morgan fingerprint density at radius 2 is 1.76 bits per heavy atom. The molecule has 0 radical (unpaired) electrons. The second-order valence-corrected chi connectivity index (χ2v) is 20.0. The third-order valence-electron chi connectivity index (χ3n) is 13.1. The van der Waals surface area contributed by atoms with Crippen molar-refractivity contribution in [2.24, 2.45) is 5.41 Å². The number of amides is 1. The van der Waals surface area contributed by atoms with Gasteiger partial charge in [-0.1, -0.05) is 31.6 Å². The predicted octanol–water partition coefficient (Wildman–Crippen LogP) is 8.14. The molecule has 1 amide bonds. The summed E-state index contributed by atoms with van der Waals surface area (Å²) in [5.74, 6) is -0.596. The smallest absolute Gasteiger partial charge is 0.416 e. The van der Waals surface area contributed by atoms with Gasteiger partial charge in [-0.2, -0.15) is 18.2 Å². The summed E-state index contributed by atoms with van der Waals surface area (Å²) < 4.78 is 87.4. The van der Waals surface area contributed by atoms with Crippen molar-refractivity contribution in [2.75, 3.05) is 87.4 Å². The SMILES string of the molecule is CC1(C)CCC(CN2CCN(c3ccc(C(=O)NS(=O)(=O)c4ccc(NC[C@H]5COCCO5)c([N+](=O)[O-])c4)c(N4CCCOc5nc6[nH]ccc6cc54)c3)CC2)=C(c2ccc(C(F)(F)F)cc2)C1. The fourth-order valence-electron chi connectivity index (χ4n) is 9.35. The second kappa shape index (κ2) is 19.0. The third kappa shape index (κ3) is 10.3. The van der Waals surface area contributed by atoms with E-state index < -0.39 is 43.2 Å². The fourth-order valence-corrected chi connectivity index (χ4v) is 10.3. The topological polar surface area (TPSA) is 185 Å². The first-order chi connectivity index (χ1) is 32.5. The van der Waals surface area contributed by atoms with E-state index in [0.717, 1.165) is 59.7 Å². The number of nitro groups is 1. The van der Waals surface area contributed by atoms with Gasteiger partial charge in [0.2, 0.25) is 5.88 Å². The van der Waals surface area contributed by atoms with E-state index >= 15 is 0 Å². The van der Waals surface area contributed by atoms with E-state index in [9.17, 15) is 36.5 Å². The lowest BCUT2D eigenvalue weighted by atomic mass is 9.72. The Hall–Kier alpha value is -6.22. The van der Waals surface area contributed by atoms with Crippen molar-refractivity contribution in [3.05, 3.63) is 111 Å². The highest BCUT2D eigenvalue weighted by Crippen LogP contribution is 2.44. The van der Waals surface area contributed by atoms with Crippen LogP contribution in [-0.2, 0) is 25.7 Å². The van der Waals surface area contributed by atoms with E-state index in [1.807, 2.05) is 23.1 Å². The Bertz CT molecular complexity index is 2840. The van der Waals surface area contributed by atoms with E-state index in [0.29, 0.717) is 95.0 Å². The molecule has 0 spiro atoms. The van der Waals surface area contributed by atoms with E-state index in [1.54, 1.807) is 30.5 Å². The van der Waals surface area contributed by atoms with Gasteiger partial charge >= 0.3 is 6.18 Å². The van der Waals surface area contributed by atoms with E-state index in [1.165, 1.54) is 17.7 Å². The predicted molar refractivity (Wildman–Crippen MR) is 251 cm³/mol. The number of piperazine rings is 1. The van der Waals surface area contributed by atoms with Gasteiger partial charge in [0.1, 0.15) is 17.0 Å². The van der Waals surface area contributed by atoms with Crippen LogP contribution in [0.15, 0.2) is 89.5 Å². The number of sulfonamides is 1. The zero-order chi connectivity index (χ0) is 47.8. The third-order valence-corrected chi connectivity index (χ3v) is 14.4. The van der Waals surface area contributed by atoms with Gasteiger partial charge in [0.05, 0.1) is 59.2 Å². The monoisotopic (exact) mass is 958 g/mol. The Morgan fingerprint density at radius 1 is 0.971 bits per heavy atom. The minimum Gasteiger partial charge on any atom is -0.476 e. The summed E-state index contributed by atoms with van der Waals surface area (Å²) >= 11 is 0. The molecule has 4 aliphatic rings. The van der Waals surface area contributed by atoms with Gasteiger partial charge in [-0.3, -0.25) is 19.8 Å². The maximum absolute atomic E-state index is 14.4. The second-order valence-electron chi connectivity index (χ2n) is 18.4. The number of nitrogens with one attached hydrogen (secondary N) is 3. The van der Waals surface area contributed by atoms with Gasteiger partial charge in [-0.15, -0.1) is 0 Å². The van der Waals surface area contributed by atoms with Crippen molar-refractivity contribution in [1.82, 2.24) is 19.6 Å². The summed E-state index contributed by atoms with van der Waals surface area (Å²) in [6, 6.07) is 17.9. The normalized spacial score (nSPS) is 19.3. The Morgan fingerprint density at radius 3 is 2.50 bits per heavy atom. The summed E-state index contributed by atoms with van der Waals surface area (Å²) in [4.78, 5) is 39.7. The molecule has 0 saturated carbocycles. The summed E-state index contributed by atoms with van der Waals surface area (Å²) in [7, 11) is -4.64. The Labute approximate surface area is 391 Å². The van der Waals surface area contributed by atoms with E-state index in [2.05, 4.69) is 38.7 Å². The van der Waals surface area contributed by atoms with Crippen LogP contribution in [0.3, 0.4) is 0 Å². The lowest BCUT2D eigenvalue weighted by Crippen LogP contribution is -2.47. The molecular weight excluding hydrogens is 906 g/mol. The first-order valence-electron chi connectivity index (χ1n) is 22.7. The van der Waals surface area contributed by atoms with Gasteiger partial charge in [-0.25, -0.2) is 13.1 Å². The summed E-state index contributed by atoms with van der Waals surface area (Å²) in [6.07, 6.45) is 0.155. The van der Waals surface area contributed by atoms with Crippen molar-refractivity contribution in [3.63, 3.8) is 0 Å². The number of benzene rings is 3. The number of anilines is 4. The number of fused-ring (bicyclic) bond motifs is 2. The zero-order valence-electron chi connectivity index (χ0n) is 37.7. The number of nitrogens with zero attached hydrogens (tertiary/aromatic N) is 5. The highest BCUT2D eigenvalue weighted by Gasteiger charge is 2.34. The molecule has 16 nitrogen and oxygen atoms in total. The van der Waals surface area contributed by atoms with Gasteiger partial charge < -0.3 is 34.3 Å². The molecule has 1 aliphatic carbocycles. The molecule has 2 saturated heterocycles. The number of hydrogen-bond acceptors (Lipinski definition) is 13. The maximum atomic E-state index is 14.4. The van der Waals surface area contributed by atoms with Crippen LogP contribution in [0, 0.1) is 15.5 Å². The van der Waals surface area contributed by atoms with Crippen LogP contribution in [-0.4, -0.2) is 112 Å². The molecule has 0 unspecified atom stereocenters. The standard InChI is InChI=1S/C48H53F3N8O8S/c1-47(2)14-12-33(39(27-47)31-4-6-34(7-5-31)48(49,50)51)29-56-17-19-57(20-18-56)35-8-10-38(41(25-35)58-16-3-21-67-46-43(58)24-32-13-15-52-44(32)54-46)45(60)55-68(63,64)37-9-11-40(42(26-37)59(61)62)53-28-36-30-65-22-23-66-36/h4-11,13,15,24-26,36,53H,3,12,14,16-23,27-30H2,1-2H3,(H,52,54)(H,55,60)/t36-/m0/s1. The van der Waals surface area contributed by atoms with E-state index in [-0.39, 0.29) is 29.3 Å². The number of allylic oxidation sites excluding steroid dienone is 1. The first-order valence-corrected chi connectivity index (χ1v) is 24.2. The number of rotatable bonds is 12. The number of pyridine rings is 1. The number of hydrogen-bond donors (Lipinski definition) is 3. The zero-order valence-corrected chi connectivity index (χ0v) is 38.6.